The van der Waals surface area contributed by atoms with Crippen LogP contribution in [-0.4, -0.2) is 35.8 Å². The average Bonchev–Trinajstić information content (AvgIpc) is 2.81. The van der Waals surface area contributed by atoms with Crippen molar-refractivity contribution in [3.8, 4) is 17.2 Å². The van der Waals surface area contributed by atoms with E-state index in [4.69, 9.17) is 18.3 Å². The summed E-state index contributed by atoms with van der Waals surface area (Å²) < 4.78 is 23.6. The van der Waals surface area contributed by atoms with Crippen LogP contribution in [0.3, 0.4) is 0 Å². The first-order chi connectivity index (χ1) is 17.1. The van der Waals surface area contributed by atoms with E-state index in [-0.39, 0.29) is 0 Å². The highest BCUT2D eigenvalue weighted by Gasteiger charge is 2.28. The third kappa shape index (κ3) is 12.7. The Morgan fingerprint density at radius 2 is 1.17 bits per heavy atom. The monoisotopic (exact) mass is 530 g/mol. The first kappa shape index (κ1) is 30.1. The van der Waals surface area contributed by atoms with Crippen LogP contribution in [-0.2, 0) is 4.12 Å². The van der Waals surface area contributed by atoms with Gasteiger partial charge in [0.25, 0.3) is 0 Å². The van der Waals surface area contributed by atoms with Crippen LogP contribution in [0.1, 0.15) is 62.2 Å². The molecule has 7 heteroatoms. The van der Waals surface area contributed by atoms with E-state index in [2.05, 4.69) is 39.7 Å². The van der Waals surface area contributed by atoms with Gasteiger partial charge in [-0.25, -0.2) is 4.79 Å². The lowest BCUT2D eigenvalue weighted by atomic mass is 10.1. The van der Waals surface area contributed by atoms with Gasteiger partial charge in [0.2, 0.25) is 0 Å². The maximum Gasteiger partial charge on any atom is 0.343 e. The van der Waals surface area contributed by atoms with Crippen LogP contribution in [0.15, 0.2) is 48.5 Å². The van der Waals surface area contributed by atoms with Crippen LogP contribution < -0.4 is 14.2 Å². The Bertz CT molecular complexity index is 889. The maximum atomic E-state index is 12.5. The molecular weight excluding hydrogens is 484 g/mol. The number of rotatable bonds is 17. The van der Waals surface area contributed by atoms with Crippen LogP contribution in [0.4, 0.5) is 0 Å². The molecule has 2 aromatic carbocycles. The summed E-state index contributed by atoms with van der Waals surface area (Å²) in [5, 5.41) is 0. The first-order valence-corrected chi connectivity index (χ1v) is 20.0. The summed E-state index contributed by atoms with van der Waals surface area (Å²) >= 11 is 0. The largest absolute Gasteiger partial charge is 0.494 e. The minimum atomic E-state index is -1.64. The SMILES string of the molecule is CCCCCCCCOc1ccc(OC(=O)c2ccc(OCCC[Si](C)(C)O[Si](C)(C)C)cc2)cc1. The van der Waals surface area contributed by atoms with Crippen molar-refractivity contribution in [2.75, 3.05) is 13.2 Å². The van der Waals surface area contributed by atoms with Crippen molar-refractivity contribution >= 4 is 22.6 Å². The van der Waals surface area contributed by atoms with Crippen molar-refractivity contribution in [2.45, 2.75) is 90.6 Å². The van der Waals surface area contributed by atoms with E-state index in [0.717, 1.165) is 30.4 Å². The number of carbonyl (C=O) groups excluding carboxylic acids is 1. The Hall–Kier alpha value is -2.10. The van der Waals surface area contributed by atoms with Crippen molar-refractivity contribution in [3.63, 3.8) is 0 Å². The third-order valence-corrected chi connectivity index (χ3v) is 11.9. The molecule has 2 aromatic rings. The summed E-state index contributed by atoms with van der Waals surface area (Å²) in [4.78, 5) is 12.5. The number of hydrogen-bond donors (Lipinski definition) is 0. The molecule has 0 aromatic heterocycles. The fourth-order valence-corrected chi connectivity index (χ4v) is 12.1. The Morgan fingerprint density at radius 1 is 0.667 bits per heavy atom. The van der Waals surface area contributed by atoms with Crippen molar-refractivity contribution < 1.29 is 23.1 Å². The van der Waals surface area contributed by atoms with E-state index < -0.39 is 22.6 Å². The van der Waals surface area contributed by atoms with Gasteiger partial charge in [0.15, 0.2) is 16.6 Å². The normalized spacial score (nSPS) is 11.8. The second-order valence-electron chi connectivity index (χ2n) is 10.9. The number of ether oxygens (including phenoxy) is 3. The second kappa shape index (κ2) is 15.2. The van der Waals surface area contributed by atoms with Crippen LogP contribution in [0.25, 0.3) is 0 Å². The molecule has 2 rings (SSSR count). The maximum absolute atomic E-state index is 12.5. The van der Waals surface area contributed by atoms with Gasteiger partial charge in [-0.1, -0.05) is 39.0 Å². The lowest BCUT2D eigenvalue weighted by molar-refractivity contribution is 0.0734. The smallest absolute Gasteiger partial charge is 0.343 e. The molecule has 0 amide bonds. The predicted molar refractivity (Wildman–Crippen MR) is 154 cm³/mol. The van der Waals surface area contributed by atoms with Crippen molar-refractivity contribution in [1.82, 2.24) is 0 Å². The lowest BCUT2D eigenvalue weighted by Crippen LogP contribution is -2.42. The van der Waals surface area contributed by atoms with Gasteiger partial charge >= 0.3 is 5.97 Å². The van der Waals surface area contributed by atoms with Gasteiger partial charge in [0, 0.05) is 0 Å². The van der Waals surface area contributed by atoms with Crippen LogP contribution >= 0.6 is 0 Å². The third-order valence-electron chi connectivity index (χ3n) is 5.67. The minimum absolute atomic E-state index is 0.390. The molecule has 0 radical (unpaired) electrons. The predicted octanol–water partition coefficient (Wildman–Crippen LogP) is 8.47. The topological polar surface area (TPSA) is 54.0 Å². The summed E-state index contributed by atoms with van der Waals surface area (Å²) in [6.45, 7) is 14.9. The summed E-state index contributed by atoms with van der Waals surface area (Å²) in [7, 11) is -3.15. The van der Waals surface area contributed by atoms with E-state index in [1.165, 1.54) is 32.1 Å². The molecule has 0 spiro atoms. The molecule has 5 nitrogen and oxygen atoms in total. The van der Waals surface area contributed by atoms with Crippen molar-refractivity contribution in [3.05, 3.63) is 54.1 Å². The van der Waals surface area contributed by atoms with Gasteiger partial charge < -0.3 is 18.3 Å². The van der Waals surface area contributed by atoms with Crippen LogP contribution in [0, 0.1) is 0 Å². The molecular formula is C29H46O5Si2. The number of esters is 1. The molecule has 0 unspecified atom stereocenters. The zero-order chi connectivity index (χ0) is 26.4. The molecule has 0 bridgehead atoms. The number of benzene rings is 2. The summed E-state index contributed by atoms with van der Waals surface area (Å²) in [6, 6.07) is 15.4. The van der Waals surface area contributed by atoms with E-state index in [1.807, 2.05) is 24.3 Å². The molecule has 0 fully saturated rings. The van der Waals surface area contributed by atoms with Crippen LogP contribution in [0.5, 0.6) is 17.2 Å². The summed E-state index contributed by atoms with van der Waals surface area (Å²) in [5.41, 5.74) is 0.489. The summed E-state index contributed by atoms with van der Waals surface area (Å²) in [5.74, 6) is 1.66. The molecule has 0 aliphatic carbocycles. The first-order valence-electron chi connectivity index (χ1n) is 13.5. The zero-order valence-corrected chi connectivity index (χ0v) is 25.2. The molecule has 200 valence electrons. The lowest BCUT2D eigenvalue weighted by Gasteiger charge is -2.31. The van der Waals surface area contributed by atoms with Crippen molar-refractivity contribution in [1.29, 1.82) is 0 Å². The number of carbonyl (C=O) groups is 1. The van der Waals surface area contributed by atoms with E-state index in [9.17, 15) is 4.79 Å². The van der Waals surface area contributed by atoms with E-state index >= 15 is 0 Å². The molecule has 0 saturated carbocycles. The molecule has 0 N–H and O–H groups in total. The average molecular weight is 531 g/mol. The van der Waals surface area contributed by atoms with Crippen LogP contribution in [0.2, 0.25) is 38.8 Å². The Kier molecular flexibility index (Phi) is 12.7. The van der Waals surface area contributed by atoms with Gasteiger partial charge in [-0.15, -0.1) is 0 Å². The molecule has 0 atom stereocenters. The van der Waals surface area contributed by atoms with E-state index in [1.54, 1.807) is 24.3 Å². The zero-order valence-electron chi connectivity index (χ0n) is 23.2. The molecule has 0 saturated heterocycles. The fourth-order valence-electron chi connectivity index (χ4n) is 4.10. The van der Waals surface area contributed by atoms with Gasteiger partial charge in [-0.2, -0.15) is 0 Å². The standard InChI is InChI=1S/C29H46O5Si2/c1-7-8-9-10-11-12-22-31-27-18-20-28(21-19-27)33-29(30)25-14-16-26(17-15-25)32-23-13-24-36(5,6)34-35(2,3)4/h14-21H,7-13,22-24H2,1-6H3. The molecule has 36 heavy (non-hydrogen) atoms. The molecule has 0 heterocycles. The Morgan fingerprint density at radius 3 is 1.75 bits per heavy atom. The number of unbranched alkanes of at least 4 members (excludes halogenated alkanes) is 5. The summed E-state index contributed by atoms with van der Waals surface area (Å²) in [6.07, 6.45) is 8.39. The van der Waals surface area contributed by atoms with Gasteiger partial charge in [-0.05, 0) is 100 Å². The fraction of sp³-hybridized carbons (Fsp3) is 0.552. The second-order valence-corrected chi connectivity index (χ2v) is 20.0. The minimum Gasteiger partial charge on any atom is -0.494 e. The Balaban J connectivity index is 1.70. The van der Waals surface area contributed by atoms with Gasteiger partial charge in [-0.3, -0.25) is 0 Å². The molecule has 0 aliphatic heterocycles. The highest BCUT2D eigenvalue weighted by atomic mass is 28.4. The highest BCUT2D eigenvalue weighted by Crippen LogP contribution is 2.22. The van der Waals surface area contributed by atoms with Gasteiger partial charge in [0.1, 0.15) is 17.2 Å². The Labute approximate surface area is 220 Å². The van der Waals surface area contributed by atoms with Crippen molar-refractivity contribution in [2.24, 2.45) is 0 Å². The van der Waals surface area contributed by atoms with Gasteiger partial charge in [0.05, 0.1) is 18.8 Å². The number of hydrogen-bond acceptors (Lipinski definition) is 5. The van der Waals surface area contributed by atoms with E-state index in [0.29, 0.717) is 24.5 Å². The quantitative estimate of drug-likeness (QED) is 0.0888. The molecule has 0 aliphatic rings. The highest BCUT2D eigenvalue weighted by molar-refractivity contribution is 6.84.